The zero-order chi connectivity index (χ0) is 11.4. The Morgan fingerprint density at radius 2 is 2.12 bits per heavy atom. The second kappa shape index (κ2) is 5.18. The first-order valence-electron chi connectivity index (χ1n) is 4.89. The van der Waals surface area contributed by atoms with Crippen molar-refractivity contribution in [2.75, 3.05) is 17.7 Å². The average Bonchev–Trinajstić information content (AvgIpc) is 2.73. The van der Waals surface area contributed by atoms with Gasteiger partial charge in [-0.15, -0.1) is 11.3 Å². The van der Waals surface area contributed by atoms with Crippen molar-refractivity contribution < 1.29 is 0 Å². The minimum atomic E-state index is 0.770. The fourth-order valence-electron chi connectivity index (χ4n) is 1.31. The third kappa shape index (κ3) is 2.87. The highest BCUT2D eigenvalue weighted by Crippen LogP contribution is 2.22. The van der Waals surface area contributed by atoms with Crippen molar-refractivity contribution in [1.29, 1.82) is 0 Å². The molecule has 16 heavy (non-hydrogen) atoms. The van der Waals surface area contributed by atoms with Gasteiger partial charge in [-0.3, -0.25) is 4.98 Å². The fourth-order valence-corrected chi connectivity index (χ4v) is 2.34. The van der Waals surface area contributed by atoms with Crippen molar-refractivity contribution in [3.05, 3.63) is 39.8 Å². The highest BCUT2D eigenvalue weighted by Gasteiger charge is 1.99. The summed E-state index contributed by atoms with van der Waals surface area (Å²) in [6, 6.07) is 5.95. The van der Waals surface area contributed by atoms with Crippen LogP contribution in [0.5, 0.6) is 0 Å². The SMILES string of the molecule is CNc1cncc(NCc2ccc(Cl)s2)c1. The molecule has 2 heterocycles. The number of anilines is 2. The van der Waals surface area contributed by atoms with Crippen LogP contribution in [0.4, 0.5) is 11.4 Å². The number of hydrogen-bond acceptors (Lipinski definition) is 4. The maximum atomic E-state index is 5.86. The topological polar surface area (TPSA) is 37.0 Å². The molecule has 0 bridgehead atoms. The predicted octanol–water partition coefficient (Wildman–Crippen LogP) is 3.45. The molecule has 3 nitrogen and oxygen atoms in total. The highest BCUT2D eigenvalue weighted by atomic mass is 35.5. The minimum absolute atomic E-state index is 0.770. The molecule has 0 spiro atoms. The van der Waals surface area contributed by atoms with Gasteiger partial charge in [-0.05, 0) is 18.2 Å². The Bertz CT molecular complexity index is 470. The lowest BCUT2D eigenvalue weighted by molar-refractivity contribution is 1.17. The van der Waals surface area contributed by atoms with Gasteiger partial charge in [-0.25, -0.2) is 0 Å². The summed E-state index contributed by atoms with van der Waals surface area (Å²) in [4.78, 5) is 5.33. The summed E-state index contributed by atoms with van der Waals surface area (Å²) in [7, 11) is 1.87. The van der Waals surface area contributed by atoms with Crippen LogP contribution in [0.1, 0.15) is 4.88 Å². The van der Waals surface area contributed by atoms with Crippen LogP contribution in [0, 0.1) is 0 Å². The number of nitrogens with zero attached hydrogens (tertiary/aromatic N) is 1. The molecular weight excluding hydrogens is 242 g/mol. The van der Waals surface area contributed by atoms with Crippen molar-refractivity contribution in [3.8, 4) is 0 Å². The first-order valence-corrected chi connectivity index (χ1v) is 6.08. The van der Waals surface area contributed by atoms with E-state index in [1.165, 1.54) is 4.88 Å². The van der Waals surface area contributed by atoms with Crippen LogP contribution in [0.15, 0.2) is 30.6 Å². The molecule has 2 rings (SSSR count). The van der Waals surface area contributed by atoms with E-state index in [-0.39, 0.29) is 0 Å². The number of halogens is 1. The van der Waals surface area contributed by atoms with Gasteiger partial charge in [0.15, 0.2) is 0 Å². The number of thiophene rings is 1. The van der Waals surface area contributed by atoms with Crippen molar-refractivity contribution in [1.82, 2.24) is 4.98 Å². The van der Waals surface area contributed by atoms with E-state index >= 15 is 0 Å². The fraction of sp³-hybridized carbons (Fsp3) is 0.182. The van der Waals surface area contributed by atoms with Gasteiger partial charge in [-0.1, -0.05) is 11.6 Å². The molecule has 0 aliphatic heterocycles. The van der Waals surface area contributed by atoms with Crippen LogP contribution in [0.25, 0.3) is 0 Å². The summed E-state index contributed by atoms with van der Waals surface area (Å²) in [5, 5.41) is 6.35. The third-order valence-corrected chi connectivity index (χ3v) is 3.35. The summed E-state index contributed by atoms with van der Waals surface area (Å²) in [5.74, 6) is 0. The van der Waals surface area contributed by atoms with E-state index in [1.807, 2.05) is 25.2 Å². The zero-order valence-corrected chi connectivity index (χ0v) is 10.4. The van der Waals surface area contributed by atoms with E-state index in [0.717, 1.165) is 22.3 Å². The molecule has 5 heteroatoms. The van der Waals surface area contributed by atoms with Gasteiger partial charge in [0, 0.05) is 18.5 Å². The van der Waals surface area contributed by atoms with E-state index in [2.05, 4.69) is 15.6 Å². The van der Waals surface area contributed by atoms with E-state index in [0.29, 0.717) is 0 Å². The Balaban J connectivity index is 1.99. The maximum absolute atomic E-state index is 5.86. The Morgan fingerprint density at radius 3 is 2.81 bits per heavy atom. The largest absolute Gasteiger partial charge is 0.387 e. The monoisotopic (exact) mass is 253 g/mol. The maximum Gasteiger partial charge on any atom is 0.0931 e. The summed E-state index contributed by atoms with van der Waals surface area (Å²) in [5.41, 5.74) is 1.99. The van der Waals surface area contributed by atoms with Crippen LogP contribution >= 0.6 is 22.9 Å². The number of nitrogens with one attached hydrogen (secondary N) is 2. The quantitative estimate of drug-likeness (QED) is 0.876. The highest BCUT2D eigenvalue weighted by molar-refractivity contribution is 7.16. The van der Waals surface area contributed by atoms with Gasteiger partial charge in [0.1, 0.15) is 0 Å². The third-order valence-electron chi connectivity index (χ3n) is 2.12. The number of pyridine rings is 1. The summed E-state index contributed by atoms with van der Waals surface area (Å²) in [6.07, 6.45) is 3.59. The summed E-state index contributed by atoms with van der Waals surface area (Å²) >= 11 is 7.44. The van der Waals surface area contributed by atoms with E-state index in [4.69, 9.17) is 11.6 Å². The number of hydrogen-bond donors (Lipinski definition) is 2. The van der Waals surface area contributed by atoms with E-state index in [9.17, 15) is 0 Å². The standard InChI is InChI=1S/C11H12ClN3S/c1-13-8-4-9(6-14-5-8)15-7-10-2-3-11(12)16-10/h2-6,13,15H,7H2,1H3. The number of rotatable bonds is 4. The van der Waals surface area contributed by atoms with Crippen LogP contribution in [0.3, 0.4) is 0 Å². The molecular formula is C11H12ClN3S. The molecule has 0 unspecified atom stereocenters. The van der Waals surface area contributed by atoms with E-state index in [1.54, 1.807) is 23.7 Å². The van der Waals surface area contributed by atoms with Crippen LogP contribution < -0.4 is 10.6 Å². The van der Waals surface area contributed by atoms with Crippen molar-refractivity contribution >= 4 is 34.3 Å². The molecule has 0 aliphatic carbocycles. The van der Waals surface area contributed by atoms with Gasteiger partial charge < -0.3 is 10.6 Å². The lowest BCUT2D eigenvalue weighted by Crippen LogP contribution is -1.99. The smallest absolute Gasteiger partial charge is 0.0931 e. The number of aromatic nitrogens is 1. The molecule has 0 atom stereocenters. The molecule has 0 radical (unpaired) electrons. The van der Waals surface area contributed by atoms with Crippen LogP contribution in [-0.4, -0.2) is 12.0 Å². The first kappa shape index (κ1) is 11.2. The van der Waals surface area contributed by atoms with Crippen molar-refractivity contribution in [2.45, 2.75) is 6.54 Å². The summed E-state index contributed by atoms with van der Waals surface area (Å²) < 4.78 is 0.818. The molecule has 0 saturated heterocycles. The second-order valence-corrected chi connectivity index (χ2v) is 5.07. The van der Waals surface area contributed by atoms with E-state index < -0.39 is 0 Å². The summed E-state index contributed by atoms with van der Waals surface area (Å²) in [6.45, 7) is 0.770. The van der Waals surface area contributed by atoms with Gasteiger partial charge in [-0.2, -0.15) is 0 Å². The lowest BCUT2D eigenvalue weighted by Gasteiger charge is -2.06. The molecule has 2 aromatic rings. The average molecular weight is 254 g/mol. The first-order chi connectivity index (χ1) is 7.78. The van der Waals surface area contributed by atoms with Crippen molar-refractivity contribution in [2.24, 2.45) is 0 Å². The molecule has 0 fully saturated rings. The molecule has 0 aromatic carbocycles. The molecule has 0 aliphatic rings. The van der Waals surface area contributed by atoms with Gasteiger partial charge >= 0.3 is 0 Å². The lowest BCUT2D eigenvalue weighted by atomic mass is 10.3. The van der Waals surface area contributed by atoms with Crippen LogP contribution in [0.2, 0.25) is 4.34 Å². The van der Waals surface area contributed by atoms with Crippen molar-refractivity contribution in [3.63, 3.8) is 0 Å². The Labute approximate surface area is 103 Å². The molecule has 84 valence electrons. The molecule has 0 amide bonds. The van der Waals surface area contributed by atoms with Crippen LogP contribution in [-0.2, 0) is 6.54 Å². The van der Waals surface area contributed by atoms with Gasteiger partial charge in [0.2, 0.25) is 0 Å². The molecule has 2 aromatic heterocycles. The Hall–Kier alpha value is -1.26. The predicted molar refractivity (Wildman–Crippen MR) is 70.4 cm³/mol. The Morgan fingerprint density at radius 1 is 1.31 bits per heavy atom. The van der Waals surface area contributed by atoms with Gasteiger partial charge in [0.05, 0.1) is 28.1 Å². The normalized spacial score (nSPS) is 10.1. The minimum Gasteiger partial charge on any atom is -0.387 e. The molecule has 2 N–H and O–H groups in total. The second-order valence-electron chi connectivity index (χ2n) is 3.27. The zero-order valence-electron chi connectivity index (χ0n) is 8.83. The van der Waals surface area contributed by atoms with Gasteiger partial charge in [0.25, 0.3) is 0 Å². The molecule has 0 saturated carbocycles. The Kier molecular flexibility index (Phi) is 3.64.